The highest BCUT2D eigenvalue weighted by Gasteiger charge is 2.35. The van der Waals surface area contributed by atoms with E-state index >= 15 is 0 Å². The van der Waals surface area contributed by atoms with Crippen LogP contribution in [0.4, 0.5) is 0 Å². The van der Waals surface area contributed by atoms with Gasteiger partial charge in [0.1, 0.15) is 24.1 Å². The molecule has 2 heterocycles. The average molecular weight is 630 g/mol. The first kappa shape index (κ1) is 29.0. The van der Waals surface area contributed by atoms with Gasteiger partial charge in [0, 0.05) is 31.8 Å². The van der Waals surface area contributed by atoms with E-state index < -0.39 is 12.0 Å². The van der Waals surface area contributed by atoms with Crippen molar-refractivity contribution in [3.63, 3.8) is 0 Å². The van der Waals surface area contributed by atoms with Crippen LogP contribution in [0.2, 0.25) is 15.1 Å². The number of benzene rings is 3. The van der Waals surface area contributed by atoms with E-state index in [-0.39, 0.29) is 17.7 Å². The van der Waals surface area contributed by atoms with E-state index in [1.807, 2.05) is 18.2 Å². The van der Waals surface area contributed by atoms with Crippen molar-refractivity contribution in [2.24, 2.45) is 4.99 Å². The highest BCUT2D eigenvalue weighted by Crippen LogP contribution is 2.37. The molecule has 0 bridgehead atoms. The first-order chi connectivity index (χ1) is 19.7. The second kappa shape index (κ2) is 12.1. The molecular weight excluding hydrogens is 607 g/mol. The molecule has 11 heteroatoms. The Kier molecular flexibility index (Phi) is 8.56. The number of esters is 1. The van der Waals surface area contributed by atoms with E-state index in [4.69, 9.17) is 49.0 Å². The van der Waals surface area contributed by atoms with Crippen LogP contribution in [0.5, 0.6) is 11.5 Å². The molecule has 0 amide bonds. The van der Waals surface area contributed by atoms with Gasteiger partial charge in [0.25, 0.3) is 5.56 Å². The van der Waals surface area contributed by atoms with Gasteiger partial charge in [-0.05, 0) is 55.5 Å². The molecule has 210 valence electrons. The summed E-state index contributed by atoms with van der Waals surface area (Å²) in [6.07, 6.45) is 1.70. The Balaban J connectivity index is 1.67. The fraction of sp³-hybridized carbons (Fsp3) is 0.167. The van der Waals surface area contributed by atoms with Crippen LogP contribution in [0, 0.1) is 0 Å². The Morgan fingerprint density at radius 3 is 2.44 bits per heavy atom. The van der Waals surface area contributed by atoms with Crippen molar-refractivity contribution in [2.75, 3.05) is 14.2 Å². The van der Waals surface area contributed by atoms with Crippen LogP contribution in [-0.2, 0) is 16.1 Å². The molecule has 3 aromatic carbocycles. The Bertz CT molecular complexity index is 1880. The lowest BCUT2D eigenvalue weighted by molar-refractivity contribution is -0.136. The SMILES string of the molecule is COC(=O)C1=C(C)N=c2s/c(=C\c3cc(Cl)ccc3OCc3ccccc3Cl)c(=O)n2[C@H]1c1cc(Cl)ccc1OC. The first-order valence-electron chi connectivity index (χ1n) is 12.3. The zero-order chi connectivity index (χ0) is 29.3. The number of methoxy groups -OCH3 is 2. The van der Waals surface area contributed by atoms with Crippen molar-refractivity contribution in [2.45, 2.75) is 19.6 Å². The van der Waals surface area contributed by atoms with Gasteiger partial charge in [0.15, 0.2) is 4.80 Å². The van der Waals surface area contributed by atoms with Crippen LogP contribution in [0.15, 0.2) is 81.7 Å². The van der Waals surface area contributed by atoms with Crippen molar-refractivity contribution in [1.82, 2.24) is 4.57 Å². The molecule has 1 aromatic heterocycles. The second-order valence-corrected chi connectivity index (χ2v) is 11.3. The van der Waals surface area contributed by atoms with Gasteiger partial charge in [0.2, 0.25) is 0 Å². The fourth-order valence-corrected chi connectivity index (χ4v) is 6.17. The standard InChI is InChI=1S/C30H23Cl3N2O5S/c1-16-26(29(37)39-3)27(21-14-20(32)9-11-24(21)38-2)35-28(36)25(41-30(35)34-16)13-18-12-19(31)8-10-23(18)40-15-17-6-4-5-7-22(17)33/h4-14,27H,15H2,1-3H3/b25-13-/t27-/m0/s1. The van der Waals surface area contributed by atoms with Crippen molar-refractivity contribution in [3.8, 4) is 11.5 Å². The molecule has 0 unspecified atom stereocenters. The zero-order valence-electron chi connectivity index (χ0n) is 22.1. The van der Waals surface area contributed by atoms with E-state index in [0.717, 1.165) is 5.56 Å². The lowest BCUT2D eigenvalue weighted by Gasteiger charge is -2.25. The molecular formula is C30H23Cl3N2O5S. The van der Waals surface area contributed by atoms with Gasteiger partial charge < -0.3 is 14.2 Å². The maximum atomic E-state index is 14.0. The molecule has 4 aromatic rings. The molecule has 0 spiro atoms. The summed E-state index contributed by atoms with van der Waals surface area (Å²) in [6, 6.07) is 16.7. The number of thiazole rings is 1. The van der Waals surface area contributed by atoms with Crippen LogP contribution in [0.25, 0.3) is 6.08 Å². The summed E-state index contributed by atoms with van der Waals surface area (Å²) >= 11 is 20.2. The van der Waals surface area contributed by atoms with Crippen LogP contribution in [0.1, 0.15) is 29.7 Å². The normalized spacial score (nSPS) is 14.9. The number of halogens is 3. The minimum Gasteiger partial charge on any atom is -0.496 e. The summed E-state index contributed by atoms with van der Waals surface area (Å²) in [6.45, 7) is 1.92. The number of fused-ring (bicyclic) bond motifs is 1. The Hall–Kier alpha value is -3.56. The molecule has 1 aliphatic rings. The number of nitrogens with zero attached hydrogens (tertiary/aromatic N) is 2. The van der Waals surface area contributed by atoms with E-state index in [9.17, 15) is 9.59 Å². The number of ether oxygens (including phenoxy) is 3. The molecule has 7 nitrogen and oxygen atoms in total. The lowest BCUT2D eigenvalue weighted by Crippen LogP contribution is -2.40. The molecule has 41 heavy (non-hydrogen) atoms. The van der Waals surface area contributed by atoms with Gasteiger partial charge in [0.05, 0.1) is 30.0 Å². The molecule has 0 radical (unpaired) electrons. The summed E-state index contributed by atoms with van der Waals surface area (Å²) in [4.78, 5) is 32.0. The fourth-order valence-electron chi connectivity index (χ4n) is 4.58. The minimum atomic E-state index is -0.884. The number of hydrogen-bond acceptors (Lipinski definition) is 7. The van der Waals surface area contributed by atoms with E-state index in [1.54, 1.807) is 55.5 Å². The number of carbonyl (C=O) groups excluding carboxylic acids is 1. The molecule has 1 atom stereocenters. The predicted molar refractivity (Wildman–Crippen MR) is 161 cm³/mol. The quantitative estimate of drug-likeness (QED) is 0.236. The third-order valence-corrected chi connectivity index (χ3v) is 8.33. The van der Waals surface area contributed by atoms with Crippen LogP contribution >= 0.6 is 46.1 Å². The maximum absolute atomic E-state index is 14.0. The number of carbonyl (C=O) groups is 1. The third kappa shape index (κ3) is 5.78. The minimum absolute atomic E-state index is 0.207. The van der Waals surface area contributed by atoms with Crippen molar-refractivity contribution >= 4 is 58.2 Å². The highest BCUT2D eigenvalue weighted by molar-refractivity contribution is 7.07. The van der Waals surface area contributed by atoms with Crippen LogP contribution in [-0.4, -0.2) is 24.8 Å². The van der Waals surface area contributed by atoms with Crippen molar-refractivity contribution in [1.29, 1.82) is 0 Å². The summed E-state index contributed by atoms with van der Waals surface area (Å²) in [5.74, 6) is 0.354. The Labute approximate surface area is 254 Å². The molecule has 0 saturated heterocycles. The number of aromatic nitrogens is 1. The van der Waals surface area contributed by atoms with Crippen molar-refractivity contribution in [3.05, 3.63) is 123 Å². The summed E-state index contributed by atoms with van der Waals surface area (Å²) in [5, 5.41) is 1.48. The van der Waals surface area contributed by atoms with Gasteiger partial charge in [-0.15, -0.1) is 0 Å². The molecule has 0 fully saturated rings. The van der Waals surface area contributed by atoms with Gasteiger partial charge in [-0.2, -0.15) is 0 Å². The molecule has 0 saturated carbocycles. The zero-order valence-corrected chi connectivity index (χ0v) is 25.2. The predicted octanol–water partition coefficient (Wildman–Crippen LogP) is 5.96. The molecule has 5 rings (SSSR count). The third-order valence-electron chi connectivity index (χ3n) is 6.51. The maximum Gasteiger partial charge on any atom is 0.338 e. The lowest BCUT2D eigenvalue weighted by atomic mass is 9.95. The summed E-state index contributed by atoms with van der Waals surface area (Å²) in [7, 11) is 2.79. The molecule has 0 N–H and O–H groups in total. The van der Waals surface area contributed by atoms with E-state index in [2.05, 4.69) is 4.99 Å². The molecule has 0 aliphatic carbocycles. The largest absolute Gasteiger partial charge is 0.496 e. The smallest absolute Gasteiger partial charge is 0.338 e. The van der Waals surface area contributed by atoms with Gasteiger partial charge >= 0.3 is 5.97 Å². The van der Waals surface area contributed by atoms with Crippen molar-refractivity contribution < 1.29 is 19.0 Å². The number of allylic oxidation sites excluding steroid dienone is 1. The average Bonchev–Trinajstić information content (AvgIpc) is 3.26. The number of hydrogen-bond donors (Lipinski definition) is 0. The number of rotatable bonds is 7. The summed E-state index contributed by atoms with van der Waals surface area (Å²) < 4.78 is 18.6. The van der Waals surface area contributed by atoms with Crippen LogP contribution in [0.3, 0.4) is 0 Å². The van der Waals surface area contributed by atoms with Gasteiger partial charge in [-0.1, -0.05) is 64.3 Å². The Morgan fingerprint density at radius 2 is 1.73 bits per heavy atom. The summed E-state index contributed by atoms with van der Waals surface area (Å²) in [5.41, 5.74) is 2.19. The topological polar surface area (TPSA) is 79.1 Å². The highest BCUT2D eigenvalue weighted by atomic mass is 35.5. The Morgan fingerprint density at radius 1 is 1.02 bits per heavy atom. The second-order valence-electron chi connectivity index (χ2n) is 9.02. The monoisotopic (exact) mass is 628 g/mol. The van der Waals surface area contributed by atoms with Gasteiger partial charge in [-0.3, -0.25) is 9.36 Å². The van der Waals surface area contributed by atoms with E-state index in [0.29, 0.717) is 52.7 Å². The van der Waals surface area contributed by atoms with Crippen LogP contribution < -0.4 is 24.4 Å². The van der Waals surface area contributed by atoms with Gasteiger partial charge in [-0.25, -0.2) is 9.79 Å². The van der Waals surface area contributed by atoms with E-state index in [1.165, 1.54) is 30.1 Å². The first-order valence-corrected chi connectivity index (χ1v) is 14.3. The molecule has 1 aliphatic heterocycles.